The lowest BCUT2D eigenvalue weighted by Crippen LogP contribution is -2.32. The van der Waals surface area contributed by atoms with Gasteiger partial charge in [-0.1, -0.05) is 23.4 Å². The number of benzene rings is 1. The number of fused-ring (bicyclic) bond motifs is 1. The summed E-state index contributed by atoms with van der Waals surface area (Å²) in [4.78, 5) is 14.5. The normalized spacial score (nSPS) is 10.9. The number of aromatic amines is 1. The first kappa shape index (κ1) is 15.3. The van der Waals surface area contributed by atoms with E-state index in [4.69, 9.17) is 16.3 Å². The van der Waals surface area contributed by atoms with Crippen LogP contribution in [0.5, 0.6) is 0 Å². The molecule has 0 bridgehead atoms. The van der Waals surface area contributed by atoms with Gasteiger partial charge >= 0.3 is 6.09 Å². The summed E-state index contributed by atoms with van der Waals surface area (Å²) >= 11 is 6.15. The molecule has 1 aromatic heterocycles. The van der Waals surface area contributed by atoms with Crippen LogP contribution in [-0.4, -0.2) is 23.2 Å². The molecule has 2 aromatic rings. The summed E-state index contributed by atoms with van der Waals surface area (Å²) in [7, 11) is 0. The number of aromatic nitrogens is 1. The largest absolute Gasteiger partial charge is 0.444 e. The molecular formula is C16H17ClN2O2. The molecule has 110 valence electrons. The van der Waals surface area contributed by atoms with Crippen molar-refractivity contribution in [3.63, 3.8) is 0 Å². The standard InChI is InChI=1S/C16H17ClN2O2/c1-16(2,3)21-15(20)19-7-4-5-11-9-12-6-8-18-14(12)10-13(11)17/h6,8-10,18H,7H2,1-3H3,(H,19,20). The summed E-state index contributed by atoms with van der Waals surface area (Å²) < 4.78 is 5.11. The molecule has 0 aliphatic heterocycles. The van der Waals surface area contributed by atoms with Crippen molar-refractivity contribution < 1.29 is 9.53 Å². The van der Waals surface area contributed by atoms with Crippen LogP contribution < -0.4 is 5.32 Å². The Morgan fingerprint density at radius 3 is 2.90 bits per heavy atom. The molecule has 0 aliphatic carbocycles. The van der Waals surface area contributed by atoms with Gasteiger partial charge in [-0.05, 0) is 39.0 Å². The number of rotatable bonds is 1. The van der Waals surface area contributed by atoms with Gasteiger partial charge in [-0.15, -0.1) is 0 Å². The van der Waals surface area contributed by atoms with Crippen molar-refractivity contribution in [2.24, 2.45) is 0 Å². The maximum absolute atomic E-state index is 11.4. The van der Waals surface area contributed by atoms with Crippen molar-refractivity contribution >= 4 is 28.6 Å². The van der Waals surface area contributed by atoms with E-state index in [0.29, 0.717) is 5.02 Å². The van der Waals surface area contributed by atoms with E-state index in [9.17, 15) is 4.79 Å². The number of carbonyl (C=O) groups is 1. The molecule has 0 fully saturated rings. The summed E-state index contributed by atoms with van der Waals surface area (Å²) in [5.74, 6) is 5.81. The van der Waals surface area contributed by atoms with Gasteiger partial charge in [-0.25, -0.2) is 4.79 Å². The molecule has 1 heterocycles. The Hall–Kier alpha value is -2.12. The number of nitrogens with one attached hydrogen (secondary N) is 2. The van der Waals surface area contributed by atoms with Crippen LogP contribution in [0.4, 0.5) is 4.79 Å². The highest BCUT2D eigenvalue weighted by atomic mass is 35.5. The van der Waals surface area contributed by atoms with E-state index >= 15 is 0 Å². The average Bonchev–Trinajstić information content (AvgIpc) is 2.79. The molecule has 0 radical (unpaired) electrons. The first-order chi connectivity index (χ1) is 9.85. The minimum absolute atomic E-state index is 0.205. The van der Waals surface area contributed by atoms with Gasteiger partial charge in [0.05, 0.1) is 11.6 Å². The van der Waals surface area contributed by atoms with Crippen molar-refractivity contribution in [2.45, 2.75) is 26.4 Å². The molecule has 1 amide bonds. The molecule has 0 unspecified atom stereocenters. The zero-order valence-corrected chi connectivity index (χ0v) is 13.0. The van der Waals surface area contributed by atoms with E-state index in [1.807, 2.05) is 45.2 Å². The number of amides is 1. The molecule has 2 rings (SSSR count). The summed E-state index contributed by atoms with van der Waals surface area (Å²) in [5, 5.41) is 4.20. The fourth-order valence-electron chi connectivity index (χ4n) is 1.74. The van der Waals surface area contributed by atoms with Gasteiger partial charge in [0.2, 0.25) is 0 Å². The Morgan fingerprint density at radius 1 is 1.43 bits per heavy atom. The van der Waals surface area contributed by atoms with E-state index in [-0.39, 0.29) is 6.54 Å². The lowest BCUT2D eigenvalue weighted by Gasteiger charge is -2.19. The van der Waals surface area contributed by atoms with Crippen LogP contribution >= 0.6 is 11.6 Å². The summed E-state index contributed by atoms with van der Waals surface area (Å²) in [6, 6.07) is 5.70. The third-order valence-electron chi connectivity index (χ3n) is 2.58. The van der Waals surface area contributed by atoms with Gasteiger partial charge in [-0.3, -0.25) is 0 Å². The van der Waals surface area contributed by atoms with Gasteiger partial charge in [0.1, 0.15) is 5.60 Å². The molecule has 4 nitrogen and oxygen atoms in total. The fourth-order valence-corrected chi connectivity index (χ4v) is 1.95. The Labute approximate surface area is 128 Å². The number of ether oxygens (including phenoxy) is 1. The van der Waals surface area contributed by atoms with Gasteiger partial charge in [-0.2, -0.15) is 0 Å². The molecule has 0 saturated heterocycles. The van der Waals surface area contributed by atoms with E-state index in [2.05, 4.69) is 22.1 Å². The van der Waals surface area contributed by atoms with Gasteiger partial charge in [0.15, 0.2) is 0 Å². The van der Waals surface area contributed by atoms with Crippen LogP contribution in [0.3, 0.4) is 0 Å². The van der Waals surface area contributed by atoms with Crippen molar-refractivity contribution in [3.8, 4) is 11.8 Å². The van der Waals surface area contributed by atoms with Gasteiger partial charge in [0, 0.05) is 22.7 Å². The number of halogens is 1. The van der Waals surface area contributed by atoms with E-state index < -0.39 is 11.7 Å². The average molecular weight is 305 g/mol. The zero-order chi connectivity index (χ0) is 15.5. The second-order valence-electron chi connectivity index (χ2n) is 5.55. The van der Waals surface area contributed by atoms with Gasteiger partial charge < -0.3 is 15.0 Å². The van der Waals surface area contributed by atoms with Crippen LogP contribution in [0.25, 0.3) is 10.9 Å². The van der Waals surface area contributed by atoms with Crippen LogP contribution in [0, 0.1) is 11.8 Å². The smallest absolute Gasteiger partial charge is 0.408 e. The van der Waals surface area contributed by atoms with Crippen LogP contribution in [0.2, 0.25) is 5.02 Å². The second-order valence-corrected chi connectivity index (χ2v) is 5.96. The third-order valence-corrected chi connectivity index (χ3v) is 2.90. The molecule has 2 N–H and O–H groups in total. The zero-order valence-electron chi connectivity index (χ0n) is 12.2. The van der Waals surface area contributed by atoms with Gasteiger partial charge in [0.25, 0.3) is 0 Å². The van der Waals surface area contributed by atoms with Crippen molar-refractivity contribution in [3.05, 3.63) is 35.0 Å². The molecule has 5 heteroatoms. The second kappa shape index (κ2) is 6.11. The van der Waals surface area contributed by atoms with Crippen LogP contribution in [0.1, 0.15) is 26.3 Å². The molecule has 1 aromatic carbocycles. The topological polar surface area (TPSA) is 54.1 Å². The van der Waals surface area contributed by atoms with Crippen molar-refractivity contribution in [1.29, 1.82) is 0 Å². The first-order valence-corrected chi connectivity index (χ1v) is 6.95. The minimum Gasteiger partial charge on any atom is -0.444 e. The quantitative estimate of drug-likeness (QED) is 0.789. The van der Waals surface area contributed by atoms with Crippen molar-refractivity contribution in [1.82, 2.24) is 10.3 Å². The van der Waals surface area contributed by atoms with E-state index in [1.54, 1.807) is 0 Å². The van der Waals surface area contributed by atoms with E-state index in [0.717, 1.165) is 16.5 Å². The number of alkyl carbamates (subject to hydrolysis) is 1. The Balaban J connectivity index is 1.98. The predicted octanol–water partition coefficient (Wildman–Crippen LogP) is 3.70. The Morgan fingerprint density at radius 2 is 2.19 bits per heavy atom. The molecule has 21 heavy (non-hydrogen) atoms. The summed E-state index contributed by atoms with van der Waals surface area (Å²) in [6.45, 7) is 5.63. The Kier molecular flexibility index (Phi) is 4.44. The number of hydrogen-bond acceptors (Lipinski definition) is 2. The van der Waals surface area contributed by atoms with Crippen LogP contribution in [0.15, 0.2) is 24.4 Å². The SMILES string of the molecule is CC(C)(C)OC(=O)NCC#Cc1cc2cc[nH]c2cc1Cl. The van der Waals surface area contributed by atoms with Crippen molar-refractivity contribution in [2.75, 3.05) is 6.54 Å². The summed E-state index contributed by atoms with van der Waals surface area (Å²) in [5.41, 5.74) is 1.19. The maximum atomic E-state index is 11.4. The van der Waals surface area contributed by atoms with E-state index in [1.165, 1.54) is 0 Å². The maximum Gasteiger partial charge on any atom is 0.408 e. The molecule has 0 atom stereocenters. The fraction of sp³-hybridized carbons (Fsp3) is 0.312. The lowest BCUT2D eigenvalue weighted by molar-refractivity contribution is 0.0535. The summed E-state index contributed by atoms with van der Waals surface area (Å²) in [6.07, 6.45) is 1.37. The highest BCUT2D eigenvalue weighted by molar-refractivity contribution is 6.32. The predicted molar refractivity (Wildman–Crippen MR) is 84.4 cm³/mol. The third kappa shape index (κ3) is 4.44. The number of hydrogen-bond donors (Lipinski definition) is 2. The number of H-pyrrole nitrogens is 1. The monoisotopic (exact) mass is 304 g/mol. The Bertz CT molecular complexity index is 717. The molecule has 0 aliphatic rings. The lowest BCUT2D eigenvalue weighted by atomic mass is 10.1. The minimum atomic E-state index is -0.514. The molecule has 0 spiro atoms. The van der Waals surface area contributed by atoms with Crippen LogP contribution in [-0.2, 0) is 4.74 Å². The highest BCUT2D eigenvalue weighted by Gasteiger charge is 2.15. The molecule has 0 saturated carbocycles. The first-order valence-electron chi connectivity index (χ1n) is 6.57. The molecular weight excluding hydrogens is 288 g/mol. The highest BCUT2D eigenvalue weighted by Crippen LogP contribution is 2.22. The number of carbonyl (C=O) groups excluding carboxylic acids is 1.